The second-order valence-corrected chi connectivity index (χ2v) is 4.37. The third-order valence-electron chi connectivity index (χ3n) is 2.75. The van der Waals surface area contributed by atoms with Gasteiger partial charge in [0.1, 0.15) is 18.3 Å². The Kier molecular flexibility index (Phi) is 5.91. The minimum absolute atomic E-state index is 0.181. The second-order valence-electron chi connectivity index (χ2n) is 4.37. The Morgan fingerprint density at radius 2 is 1.79 bits per heavy atom. The van der Waals surface area contributed by atoms with E-state index < -0.39 is 30.7 Å². The molecule has 0 bridgehead atoms. The van der Waals surface area contributed by atoms with Gasteiger partial charge in [-0.3, -0.25) is 4.79 Å². The number of aryl methyl sites for hydroxylation is 1. The van der Waals surface area contributed by atoms with Crippen LogP contribution < -0.4 is 5.32 Å². The summed E-state index contributed by atoms with van der Waals surface area (Å²) in [6.45, 7) is 1.03. The summed E-state index contributed by atoms with van der Waals surface area (Å²) in [7, 11) is 0. The molecule has 0 aliphatic carbocycles. The standard InChI is InChI=1S/C13H19NO5/c1-8-2-4-9(5-3-8)14-6-10(16)12(18)13(19)11(17)7-15/h2-5,11-15,17-19H,6-7H2,1H3. The maximum Gasteiger partial charge on any atom is 0.182 e. The molecule has 0 radical (unpaired) electrons. The summed E-state index contributed by atoms with van der Waals surface area (Å²) in [6, 6.07) is 7.31. The first-order valence-electron chi connectivity index (χ1n) is 5.94. The molecule has 0 amide bonds. The number of carbonyl (C=O) groups excluding carboxylic acids is 1. The van der Waals surface area contributed by atoms with Crippen LogP contribution >= 0.6 is 0 Å². The van der Waals surface area contributed by atoms with E-state index in [1.165, 1.54) is 0 Å². The van der Waals surface area contributed by atoms with Gasteiger partial charge in [-0.1, -0.05) is 17.7 Å². The van der Waals surface area contributed by atoms with Gasteiger partial charge in [0.2, 0.25) is 0 Å². The van der Waals surface area contributed by atoms with Crippen molar-refractivity contribution in [3.8, 4) is 0 Å². The highest BCUT2D eigenvalue weighted by Gasteiger charge is 2.29. The van der Waals surface area contributed by atoms with Crippen molar-refractivity contribution >= 4 is 11.5 Å². The van der Waals surface area contributed by atoms with E-state index >= 15 is 0 Å². The molecule has 0 fully saturated rings. The van der Waals surface area contributed by atoms with Gasteiger partial charge in [-0.05, 0) is 19.1 Å². The van der Waals surface area contributed by atoms with Crippen molar-refractivity contribution in [3.05, 3.63) is 29.8 Å². The van der Waals surface area contributed by atoms with E-state index in [1.807, 2.05) is 19.1 Å². The van der Waals surface area contributed by atoms with Gasteiger partial charge < -0.3 is 25.7 Å². The highest BCUT2D eigenvalue weighted by molar-refractivity contribution is 5.87. The number of hydrogen-bond donors (Lipinski definition) is 5. The quantitative estimate of drug-likeness (QED) is 0.436. The maximum atomic E-state index is 11.6. The number of aliphatic hydroxyl groups excluding tert-OH is 4. The largest absolute Gasteiger partial charge is 0.394 e. The van der Waals surface area contributed by atoms with Crippen molar-refractivity contribution in [3.63, 3.8) is 0 Å². The van der Waals surface area contributed by atoms with Crippen LogP contribution in [0.4, 0.5) is 5.69 Å². The van der Waals surface area contributed by atoms with Crippen LogP contribution in [0, 0.1) is 6.92 Å². The number of aliphatic hydroxyl groups is 4. The summed E-state index contributed by atoms with van der Waals surface area (Å²) in [6.07, 6.45) is -4.98. The number of benzene rings is 1. The van der Waals surface area contributed by atoms with Gasteiger partial charge in [0.15, 0.2) is 5.78 Å². The summed E-state index contributed by atoms with van der Waals surface area (Å²) in [5.41, 5.74) is 1.79. The molecule has 106 valence electrons. The number of hydrogen-bond acceptors (Lipinski definition) is 6. The Hall–Kier alpha value is -1.47. The molecule has 1 aromatic rings. The molecule has 5 N–H and O–H groups in total. The lowest BCUT2D eigenvalue weighted by molar-refractivity contribution is -0.138. The van der Waals surface area contributed by atoms with E-state index in [9.17, 15) is 15.0 Å². The van der Waals surface area contributed by atoms with Gasteiger partial charge in [0, 0.05) is 5.69 Å². The molecule has 3 atom stereocenters. The zero-order chi connectivity index (χ0) is 14.4. The van der Waals surface area contributed by atoms with Gasteiger partial charge in [-0.25, -0.2) is 0 Å². The van der Waals surface area contributed by atoms with Crippen LogP contribution in [0.15, 0.2) is 24.3 Å². The van der Waals surface area contributed by atoms with Gasteiger partial charge >= 0.3 is 0 Å². The van der Waals surface area contributed by atoms with Gasteiger partial charge in [-0.15, -0.1) is 0 Å². The highest BCUT2D eigenvalue weighted by Crippen LogP contribution is 2.09. The lowest BCUT2D eigenvalue weighted by Crippen LogP contribution is -2.45. The summed E-state index contributed by atoms with van der Waals surface area (Å²) in [4.78, 5) is 11.6. The molecule has 6 nitrogen and oxygen atoms in total. The highest BCUT2D eigenvalue weighted by atomic mass is 16.4. The zero-order valence-corrected chi connectivity index (χ0v) is 10.7. The zero-order valence-electron chi connectivity index (χ0n) is 10.7. The molecule has 6 heteroatoms. The van der Waals surface area contributed by atoms with Crippen molar-refractivity contribution in [1.29, 1.82) is 0 Å². The first-order valence-corrected chi connectivity index (χ1v) is 5.94. The third-order valence-corrected chi connectivity index (χ3v) is 2.75. The molecule has 3 unspecified atom stereocenters. The number of carbonyl (C=O) groups is 1. The number of rotatable bonds is 7. The predicted molar refractivity (Wildman–Crippen MR) is 69.8 cm³/mol. The maximum absolute atomic E-state index is 11.6. The van der Waals surface area contributed by atoms with E-state index in [-0.39, 0.29) is 6.54 Å². The molecular formula is C13H19NO5. The van der Waals surface area contributed by atoms with Gasteiger partial charge in [-0.2, -0.15) is 0 Å². The summed E-state index contributed by atoms with van der Waals surface area (Å²) >= 11 is 0. The van der Waals surface area contributed by atoms with Crippen molar-refractivity contribution in [1.82, 2.24) is 0 Å². The fourth-order valence-corrected chi connectivity index (χ4v) is 1.47. The fraction of sp³-hybridized carbons (Fsp3) is 0.462. The summed E-state index contributed by atoms with van der Waals surface area (Å²) < 4.78 is 0. The van der Waals surface area contributed by atoms with Gasteiger partial charge in [0.25, 0.3) is 0 Å². The smallest absolute Gasteiger partial charge is 0.182 e. The van der Waals surface area contributed by atoms with E-state index in [1.54, 1.807) is 12.1 Å². The minimum atomic E-state index is -1.74. The van der Waals surface area contributed by atoms with Crippen LogP contribution in [-0.4, -0.2) is 57.7 Å². The van der Waals surface area contributed by atoms with Crippen LogP contribution in [0.2, 0.25) is 0 Å². The lowest BCUT2D eigenvalue weighted by Gasteiger charge is -2.20. The van der Waals surface area contributed by atoms with Crippen LogP contribution in [0.3, 0.4) is 0 Å². The average molecular weight is 269 g/mol. The van der Waals surface area contributed by atoms with Crippen molar-refractivity contribution in [2.45, 2.75) is 25.2 Å². The van der Waals surface area contributed by atoms with E-state index in [0.717, 1.165) is 5.56 Å². The van der Waals surface area contributed by atoms with Crippen LogP contribution in [0.25, 0.3) is 0 Å². The summed E-state index contributed by atoms with van der Waals surface area (Å²) in [5, 5.41) is 39.4. The van der Waals surface area contributed by atoms with Crippen LogP contribution in [0.5, 0.6) is 0 Å². The first kappa shape index (κ1) is 15.6. The Morgan fingerprint density at radius 1 is 1.21 bits per heavy atom. The van der Waals surface area contributed by atoms with E-state index in [2.05, 4.69) is 5.32 Å². The average Bonchev–Trinajstić information content (AvgIpc) is 2.43. The molecule has 0 aliphatic heterocycles. The molecule has 0 spiro atoms. The fourth-order valence-electron chi connectivity index (χ4n) is 1.47. The van der Waals surface area contributed by atoms with Crippen molar-refractivity contribution in [2.75, 3.05) is 18.5 Å². The topological polar surface area (TPSA) is 110 Å². The Morgan fingerprint density at radius 3 is 2.32 bits per heavy atom. The molecular weight excluding hydrogens is 250 g/mol. The Labute approximate surface area is 111 Å². The molecule has 0 aromatic heterocycles. The summed E-state index contributed by atoms with van der Waals surface area (Å²) in [5.74, 6) is -0.666. The van der Waals surface area contributed by atoms with E-state index in [4.69, 9.17) is 10.2 Å². The predicted octanol–water partition coefficient (Wildman–Crippen LogP) is -0.949. The number of ketones is 1. The van der Waals surface area contributed by atoms with Crippen molar-refractivity contribution in [2.24, 2.45) is 0 Å². The Bertz CT molecular complexity index is 406. The minimum Gasteiger partial charge on any atom is -0.394 e. The molecule has 0 aliphatic rings. The van der Waals surface area contributed by atoms with Crippen LogP contribution in [-0.2, 0) is 4.79 Å². The number of anilines is 1. The van der Waals surface area contributed by atoms with E-state index in [0.29, 0.717) is 5.69 Å². The van der Waals surface area contributed by atoms with Gasteiger partial charge in [0.05, 0.1) is 13.2 Å². The molecule has 1 aromatic carbocycles. The normalized spacial score (nSPS) is 15.6. The third kappa shape index (κ3) is 4.60. The number of Topliss-reactive ketones (excluding diaryl/α,β-unsaturated/α-hetero) is 1. The second kappa shape index (κ2) is 7.20. The first-order chi connectivity index (χ1) is 8.95. The van der Waals surface area contributed by atoms with Crippen LogP contribution in [0.1, 0.15) is 5.56 Å². The van der Waals surface area contributed by atoms with Crippen molar-refractivity contribution < 1.29 is 25.2 Å². The SMILES string of the molecule is Cc1ccc(NCC(=O)C(O)C(O)C(O)CO)cc1. The Balaban J connectivity index is 2.48. The number of nitrogens with one attached hydrogen (secondary N) is 1. The molecule has 1 rings (SSSR count). The molecule has 19 heavy (non-hydrogen) atoms. The molecule has 0 heterocycles. The molecule has 0 saturated carbocycles. The molecule has 0 saturated heterocycles. The monoisotopic (exact) mass is 269 g/mol. The lowest BCUT2D eigenvalue weighted by atomic mass is 10.0.